The molecule has 1 aromatic rings. The van der Waals surface area contributed by atoms with Crippen LogP contribution in [-0.4, -0.2) is 16.0 Å². The highest BCUT2D eigenvalue weighted by Gasteiger charge is 2.04. The van der Waals surface area contributed by atoms with Gasteiger partial charge in [-0.25, -0.2) is 4.98 Å². The number of hydrogen-bond donors (Lipinski definition) is 2. The average molecular weight is 181 g/mol. The Morgan fingerprint density at radius 3 is 2.77 bits per heavy atom. The summed E-state index contributed by atoms with van der Waals surface area (Å²) >= 11 is 0. The summed E-state index contributed by atoms with van der Waals surface area (Å²) in [6.45, 7) is 7.56. The fourth-order valence-electron chi connectivity index (χ4n) is 1.46. The Labute approximate surface area is 80.0 Å². The normalized spacial score (nSPS) is 13.5. The van der Waals surface area contributed by atoms with Crippen LogP contribution in [0.4, 0.5) is 0 Å². The third kappa shape index (κ3) is 4.08. The quantitative estimate of drug-likeness (QED) is 0.728. The van der Waals surface area contributed by atoms with Crippen molar-refractivity contribution in [1.29, 1.82) is 0 Å². The van der Waals surface area contributed by atoms with Gasteiger partial charge in [0.1, 0.15) is 0 Å². The maximum absolute atomic E-state index is 4.15. The van der Waals surface area contributed by atoms with Crippen molar-refractivity contribution >= 4 is 0 Å². The van der Waals surface area contributed by atoms with Gasteiger partial charge in [0.15, 0.2) is 0 Å². The first-order valence-corrected chi connectivity index (χ1v) is 4.89. The molecule has 1 aromatic heterocycles. The van der Waals surface area contributed by atoms with E-state index in [4.69, 9.17) is 0 Å². The summed E-state index contributed by atoms with van der Waals surface area (Å²) in [7, 11) is 0. The zero-order valence-corrected chi connectivity index (χ0v) is 8.67. The fourth-order valence-corrected chi connectivity index (χ4v) is 1.46. The molecule has 0 amide bonds. The Kier molecular flexibility index (Phi) is 3.96. The minimum atomic E-state index is 0.566. The Bertz CT molecular complexity index is 216. The number of hydrogen-bond acceptors (Lipinski definition) is 2. The van der Waals surface area contributed by atoms with Crippen LogP contribution in [0.25, 0.3) is 0 Å². The number of aromatic amines is 1. The molecule has 1 rings (SSSR count). The van der Waals surface area contributed by atoms with Crippen molar-refractivity contribution in [3.8, 4) is 0 Å². The lowest BCUT2D eigenvalue weighted by molar-refractivity contribution is 0.439. The lowest BCUT2D eigenvalue weighted by atomic mass is 10.1. The van der Waals surface area contributed by atoms with Crippen molar-refractivity contribution in [2.45, 2.75) is 39.8 Å². The molecule has 0 aliphatic rings. The van der Waals surface area contributed by atoms with Crippen LogP contribution in [0.1, 0.15) is 32.9 Å². The van der Waals surface area contributed by atoms with E-state index in [2.05, 4.69) is 36.1 Å². The van der Waals surface area contributed by atoms with Gasteiger partial charge in [0, 0.05) is 18.8 Å². The molecule has 0 aliphatic heterocycles. The maximum atomic E-state index is 4.15. The van der Waals surface area contributed by atoms with Crippen LogP contribution >= 0.6 is 0 Å². The molecule has 0 saturated carbocycles. The van der Waals surface area contributed by atoms with Crippen LogP contribution in [0.2, 0.25) is 0 Å². The smallest absolute Gasteiger partial charge is 0.0923 e. The number of aromatic nitrogens is 2. The highest BCUT2D eigenvalue weighted by atomic mass is 14.9. The molecular weight excluding hydrogens is 162 g/mol. The lowest BCUT2D eigenvalue weighted by Crippen LogP contribution is -2.26. The molecule has 1 heterocycles. The second-order valence-corrected chi connectivity index (χ2v) is 3.97. The van der Waals surface area contributed by atoms with Gasteiger partial charge in [-0.15, -0.1) is 0 Å². The van der Waals surface area contributed by atoms with E-state index in [-0.39, 0.29) is 0 Å². The van der Waals surface area contributed by atoms with Crippen molar-refractivity contribution in [2.75, 3.05) is 0 Å². The Hall–Kier alpha value is -0.830. The zero-order chi connectivity index (χ0) is 9.68. The van der Waals surface area contributed by atoms with Crippen LogP contribution in [0, 0.1) is 5.92 Å². The Morgan fingerprint density at radius 2 is 2.23 bits per heavy atom. The first-order valence-electron chi connectivity index (χ1n) is 4.89. The van der Waals surface area contributed by atoms with E-state index in [9.17, 15) is 0 Å². The molecule has 0 radical (unpaired) electrons. The molecule has 0 saturated heterocycles. The average Bonchev–Trinajstić information content (AvgIpc) is 2.51. The van der Waals surface area contributed by atoms with E-state index in [1.165, 1.54) is 6.42 Å². The van der Waals surface area contributed by atoms with E-state index < -0.39 is 0 Å². The van der Waals surface area contributed by atoms with Crippen molar-refractivity contribution < 1.29 is 0 Å². The van der Waals surface area contributed by atoms with Crippen molar-refractivity contribution in [2.24, 2.45) is 5.92 Å². The summed E-state index contributed by atoms with van der Waals surface area (Å²) < 4.78 is 0. The number of imidazole rings is 1. The lowest BCUT2D eigenvalue weighted by Gasteiger charge is -2.14. The molecule has 2 N–H and O–H groups in total. The third-order valence-corrected chi connectivity index (χ3v) is 2.01. The number of rotatable bonds is 5. The van der Waals surface area contributed by atoms with Crippen LogP contribution in [0.3, 0.4) is 0 Å². The van der Waals surface area contributed by atoms with Crippen LogP contribution in [-0.2, 0) is 6.54 Å². The van der Waals surface area contributed by atoms with E-state index >= 15 is 0 Å². The second-order valence-electron chi connectivity index (χ2n) is 3.97. The van der Waals surface area contributed by atoms with Gasteiger partial charge in [-0.1, -0.05) is 13.8 Å². The van der Waals surface area contributed by atoms with Gasteiger partial charge >= 0.3 is 0 Å². The molecule has 0 aromatic carbocycles. The van der Waals surface area contributed by atoms with Gasteiger partial charge in [0.05, 0.1) is 12.0 Å². The van der Waals surface area contributed by atoms with Gasteiger partial charge < -0.3 is 10.3 Å². The number of nitrogens with zero attached hydrogens (tertiary/aromatic N) is 1. The molecule has 0 aliphatic carbocycles. The first-order chi connectivity index (χ1) is 6.18. The molecule has 1 unspecified atom stereocenters. The van der Waals surface area contributed by atoms with Gasteiger partial charge in [-0.3, -0.25) is 0 Å². The molecule has 0 bridgehead atoms. The van der Waals surface area contributed by atoms with E-state index in [0.717, 1.165) is 18.2 Å². The summed E-state index contributed by atoms with van der Waals surface area (Å²) in [5, 5.41) is 3.43. The molecule has 1 atom stereocenters. The van der Waals surface area contributed by atoms with E-state index in [1.54, 1.807) is 6.33 Å². The molecule has 0 spiro atoms. The molecular formula is C10H19N3. The van der Waals surface area contributed by atoms with Gasteiger partial charge in [0.2, 0.25) is 0 Å². The van der Waals surface area contributed by atoms with E-state index in [1.807, 2.05) is 6.20 Å². The third-order valence-electron chi connectivity index (χ3n) is 2.01. The van der Waals surface area contributed by atoms with Crippen molar-refractivity contribution in [1.82, 2.24) is 15.3 Å². The molecule has 74 valence electrons. The van der Waals surface area contributed by atoms with Crippen molar-refractivity contribution in [3.63, 3.8) is 0 Å². The topological polar surface area (TPSA) is 40.7 Å². The predicted molar refractivity (Wildman–Crippen MR) is 54.3 cm³/mol. The van der Waals surface area contributed by atoms with Gasteiger partial charge in [-0.05, 0) is 19.3 Å². The van der Waals surface area contributed by atoms with Crippen molar-refractivity contribution in [3.05, 3.63) is 18.2 Å². The minimum Gasteiger partial charge on any atom is -0.351 e. The van der Waals surface area contributed by atoms with Crippen LogP contribution < -0.4 is 5.32 Å². The monoisotopic (exact) mass is 181 g/mol. The highest BCUT2D eigenvalue weighted by molar-refractivity contribution is 4.93. The standard InChI is InChI=1S/C10H19N3/c1-8(2)4-9(3)12-6-10-5-11-7-13-10/h5,7-9,12H,4,6H2,1-3H3,(H,11,13). The summed E-state index contributed by atoms with van der Waals surface area (Å²) in [6, 6.07) is 0.566. The van der Waals surface area contributed by atoms with Gasteiger partial charge in [0.25, 0.3) is 0 Å². The van der Waals surface area contributed by atoms with Crippen LogP contribution in [0.15, 0.2) is 12.5 Å². The molecule has 3 heteroatoms. The van der Waals surface area contributed by atoms with Gasteiger partial charge in [-0.2, -0.15) is 0 Å². The van der Waals surface area contributed by atoms with E-state index in [0.29, 0.717) is 6.04 Å². The SMILES string of the molecule is CC(C)CC(C)NCc1c[nH]cn1. The molecule has 13 heavy (non-hydrogen) atoms. The summed E-state index contributed by atoms with van der Waals surface area (Å²) in [4.78, 5) is 7.09. The highest BCUT2D eigenvalue weighted by Crippen LogP contribution is 2.04. The largest absolute Gasteiger partial charge is 0.351 e. The summed E-state index contributed by atoms with van der Waals surface area (Å²) in [6.07, 6.45) is 4.85. The minimum absolute atomic E-state index is 0.566. The summed E-state index contributed by atoms with van der Waals surface area (Å²) in [5.41, 5.74) is 1.08. The Morgan fingerprint density at radius 1 is 1.46 bits per heavy atom. The second kappa shape index (κ2) is 5.02. The zero-order valence-electron chi connectivity index (χ0n) is 8.67. The molecule has 3 nitrogen and oxygen atoms in total. The fraction of sp³-hybridized carbons (Fsp3) is 0.700. The van der Waals surface area contributed by atoms with Crippen LogP contribution in [0.5, 0.6) is 0 Å². The number of nitrogens with one attached hydrogen (secondary N) is 2. The Balaban J connectivity index is 2.19. The summed E-state index contributed by atoms with van der Waals surface area (Å²) in [5.74, 6) is 0.752. The molecule has 0 fully saturated rings. The predicted octanol–water partition coefficient (Wildman–Crippen LogP) is 1.93. The number of H-pyrrole nitrogens is 1. The maximum Gasteiger partial charge on any atom is 0.0923 e. The first kappa shape index (κ1) is 10.3.